The fourth-order valence-corrected chi connectivity index (χ4v) is 3.07. The predicted octanol–water partition coefficient (Wildman–Crippen LogP) is 4.75. The van der Waals surface area contributed by atoms with Gasteiger partial charge in [-0.3, -0.25) is 4.79 Å². The Morgan fingerprint density at radius 2 is 1.47 bits per heavy atom. The van der Waals surface area contributed by atoms with Crippen LogP contribution in [0.1, 0.15) is 10.4 Å². The second-order valence-corrected chi connectivity index (χ2v) is 6.97. The number of primary amides is 1. The first-order valence-corrected chi connectivity index (χ1v) is 9.92. The first kappa shape index (κ1) is 21.5. The van der Waals surface area contributed by atoms with Gasteiger partial charge in [0, 0.05) is 13.1 Å². The molecule has 0 unspecified atom stereocenters. The van der Waals surface area contributed by atoms with Crippen LogP contribution in [0.4, 0.5) is 5.69 Å². The van der Waals surface area contributed by atoms with E-state index < -0.39 is 5.91 Å². The van der Waals surface area contributed by atoms with Crippen molar-refractivity contribution in [1.29, 1.82) is 0 Å². The van der Waals surface area contributed by atoms with E-state index in [-0.39, 0.29) is 0 Å². The number of nitrogens with two attached hydrogens (primary N) is 1. The number of halogens is 2. The Balaban J connectivity index is 0.000000172. The molecule has 8 heteroatoms. The Kier molecular flexibility index (Phi) is 7.54. The zero-order valence-electron chi connectivity index (χ0n) is 15.9. The molecule has 1 saturated heterocycles. The van der Waals surface area contributed by atoms with Gasteiger partial charge in [-0.2, -0.15) is 0 Å². The highest BCUT2D eigenvalue weighted by atomic mass is 35.5. The number of aliphatic imine (C=N–C) groups is 1. The Labute approximate surface area is 184 Å². The van der Waals surface area contributed by atoms with Crippen LogP contribution in [0.3, 0.4) is 0 Å². The highest BCUT2D eigenvalue weighted by molar-refractivity contribution is 6.38. The van der Waals surface area contributed by atoms with Gasteiger partial charge in [-0.25, -0.2) is 4.99 Å². The average Bonchev–Trinajstić information content (AvgIpc) is 3.26. The maximum atomic E-state index is 11.2. The van der Waals surface area contributed by atoms with E-state index in [1.54, 1.807) is 42.5 Å². The summed E-state index contributed by atoms with van der Waals surface area (Å²) in [5, 5.41) is 7.27. The van der Waals surface area contributed by atoms with Gasteiger partial charge in [0.25, 0.3) is 5.91 Å². The number of rotatable bonds is 4. The molecule has 154 valence electrons. The molecule has 0 saturated carbocycles. The van der Waals surface area contributed by atoms with Gasteiger partial charge in [0.2, 0.25) is 0 Å². The second-order valence-electron chi connectivity index (χ2n) is 6.16. The summed E-state index contributed by atoms with van der Waals surface area (Å²) in [4.78, 5) is 15.4. The number of ether oxygens (including phenoxy) is 1. The molecule has 6 nitrogen and oxygen atoms in total. The first-order valence-electron chi connectivity index (χ1n) is 9.17. The van der Waals surface area contributed by atoms with Gasteiger partial charge < -0.3 is 21.1 Å². The third-order valence-electron chi connectivity index (χ3n) is 3.99. The van der Waals surface area contributed by atoms with E-state index in [0.717, 1.165) is 19.0 Å². The van der Waals surface area contributed by atoms with Crippen LogP contribution in [0, 0.1) is 0 Å². The summed E-state index contributed by atoms with van der Waals surface area (Å²) in [7, 11) is 0. The summed E-state index contributed by atoms with van der Waals surface area (Å²) in [6.45, 7) is 1.75. The van der Waals surface area contributed by atoms with E-state index in [1.165, 1.54) is 0 Å². The minimum atomic E-state index is -0.494. The molecule has 0 spiro atoms. The van der Waals surface area contributed by atoms with E-state index in [0.29, 0.717) is 32.8 Å². The van der Waals surface area contributed by atoms with Crippen LogP contribution < -0.4 is 21.1 Å². The summed E-state index contributed by atoms with van der Waals surface area (Å²) in [5.41, 5.74) is 6.23. The van der Waals surface area contributed by atoms with Crippen LogP contribution in [0.2, 0.25) is 10.0 Å². The summed E-state index contributed by atoms with van der Waals surface area (Å²) in [6.07, 6.45) is 0. The van der Waals surface area contributed by atoms with Crippen LogP contribution >= 0.6 is 23.2 Å². The van der Waals surface area contributed by atoms with Crippen LogP contribution in [0.25, 0.3) is 0 Å². The van der Waals surface area contributed by atoms with Crippen LogP contribution in [0.15, 0.2) is 77.8 Å². The Morgan fingerprint density at radius 1 is 0.867 bits per heavy atom. The van der Waals surface area contributed by atoms with Crippen LogP contribution in [0.5, 0.6) is 11.5 Å². The zero-order chi connectivity index (χ0) is 21.3. The lowest BCUT2D eigenvalue weighted by atomic mass is 10.2. The van der Waals surface area contributed by atoms with Crippen molar-refractivity contribution >= 4 is 40.8 Å². The number of nitrogens with zero attached hydrogens (tertiary/aromatic N) is 1. The highest BCUT2D eigenvalue weighted by Gasteiger charge is 2.09. The summed E-state index contributed by atoms with van der Waals surface area (Å²) in [6, 6.07) is 21.5. The fraction of sp³-hybridized carbons (Fsp3) is 0.0909. The van der Waals surface area contributed by atoms with Gasteiger partial charge in [0.05, 0.1) is 15.6 Å². The van der Waals surface area contributed by atoms with Crippen molar-refractivity contribution in [3.63, 3.8) is 0 Å². The normalized spacial score (nSPS) is 12.1. The molecule has 4 N–H and O–H groups in total. The molecule has 30 heavy (non-hydrogen) atoms. The number of hydrogen-bond donors (Lipinski definition) is 3. The van der Waals surface area contributed by atoms with E-state index >= 15 is 0 Å². The summed E-state index contributed by atoms with van der Waals surface area (Å²) >= 11 is 11.9. The molecule has 4 rings (SSSR count). The van der Waals surface area contributed by atoms with Crippen LogP contribution in [-0.4, -0.2) is 25.0 Å². The molecule has 3 aromatic carbocycles. The maximum Gasteiger partial charge on any atom is 0.252 e. The molecule has 0 radical (unpaired) electrons. The lowest BCUT2D eigenvalue weighted by Crippen LogP contribution is -2.23. The Morgan fingerprint density at radius 3 is 2.10 bits per heavy atom. The maximum absolute atomic E-state index is 11.2. The smallest absolute Gasteiger partial charge is 0.252 e. The van der Waals surface area contributed by atoms with Gasteiger partial charge in [-0.05, 0) is 36.4 Å². The third kappa shape index (κ3) is 5.89. The van der Waals surface area contributed by atoms with Gasteiger partial charge in [-0.1, -0.05) is 59.6 Å². The van der Waals surface area contributed by atoms with Crippen molar-refractivity contribution in [2.24, 2.45) is 10.7 Å². The number of amides is 1. The molecule has 0 aromatic heterocycles. The average molecular weight is 443 g/mol. The lowest BCUT2D eigenvalue weighted by molar-refractivity contribution is 0.0998. The number of carbonyl (C=O) groups is 1. The minimum Gasteiger partial charge on any atom is -0.457 e. The fourth-order valence-electron chi connectivity index (χ4n) is 2.59. The highest BCUT2D eigenvalue weighted by Crippen LogP contribution is 2.32. The molecule has 3 aromatic rings. The predicted molar refractivity (Wildman–Crippen MR) is 121 cm³/mol. The van der Waals surface area contributed by atoms with Gasteiger partial charge >= 0.3 is 0 Å². The molecule has 1 aliphatic rings. The Hall–Kier alpha value is -3.22. The summed E-state index contributed by atoms with van der Waals surface area (Å²) in [5.74, 6) is 1.38. The van der Waals surface area contributed by atoms with Crippen molar-refractivity contribution in [3.8, 4) is 11.5 Å². The first-order chi connectivity index (χ1) is 14.5. The Bertz CT molecular complexity index is 1010. The summed E-state index contributed by atoms with van der Waals surface area (Å²) < 4.78 is 5.57. The van der Waals surface area contributed by atoms with Crippen molar-refractivity contribution in [2.75, 3.05) is 13.1 Å². The zero-order valence-corrected chi connectivity index (χ0v) is 17.5. The molecule has 0 atom stereocenters. The molecule has 1 heterocycles. The quantitative estimate of drug-likeness (QED) is 0.543. The monoisotopic (exact) mass is 442 g/mol. The second kappa shape index (κ2) is 10.5. The SMILES string of the molecule is Clc1cccc(Cl)c1N=C1NCCN1.NC(=O)c1ccccc1Oc1ccccc1. The van der Waals surface area contributed by atoms with Crippen molar-refractivity contribution in [1.82, 2.24) is 10.6 Å². The minimum absolute atomic E-state index is 0.381. The van der Waals surface area contributed by atoms with E-state index in [4.69, 9.17) is 33.7 Å². The third-order valence-corrected chi connectivity index (χ3v) is 4.60. The number of hydrogen-bond acceptors (Lipinski definition) is 3. The topological polar surface area (TPSA) is 88.7 Å². The molecule has 1 aliphatic heterocycles. The number of carbonyl (C=O) groups excluding carboxylic acids is 1. The van der Waals surface area contributed by atoms with E-state index in [2.05, 4.69) is 15.6 Å². The van der Waals surface area contributed by atoms with E-state index in [1.807, 2.05) is 30.3 Å². The molecular weight excluding hydrogens is 423 g/mol. The van der Waals surface area contributed by atoms with Gasteiger partial charge in [0.1, 0.15) is 17.2 Å². The molecule has 1 amide bonds. The number of guanidine groups is 1. The standard InChI is InChI=1S/C13H11NO2.C9H9Cl2N3/c14-13(15)11-8-4-5-9-12(11)16-10-6-2-1-3-7-10;10-6-2-1-3-7(11)8(6)14-9-12-4-5-13-9/h1-9H,(H2,14,15);1-3H,4-5H2,(H2,12,13,14). The van der Waals surface area contributed by atoms with Crippen molar-refractivity contribution in [3.05, 3.63) is 88.4 Å². The van der Waals surface area contributed by atoms with Crippen molar-refractivity contribution in [2.45, 2.75) is 0 Å². The van der Waals surface area contributed by atoms with Crippen LogP contribution in [-0.2, 0) is 0 Å². The number of nitrogens with one attached hydrogen (secondary N) is 2. The number of para-hydroxylation sites is 3. The van der Waals surface area contributed by atoms with Crippen molar-refractivity contribution < 1.29 is 9.53 Å². The largest absolute Gasteiger partial charge is 0.457 e. The molecule has 1 fully saturated rings. The molecular formula is C22H20Cl2N4O2. The molecule has 0 bridgehead atoms. The number of benzene rings is 3. The van der Waals surface area contributed by atoms with E-state index in [9.17, 15) is 4.79 Å². The molecule has 0 aliphatic carbocycles. The van der Waals surface area contributed by atoms with Gasteiger partial charge in [-0.15, -0.1) is 0 Å². The van der Waals surface area contributed by atoms with Gasteiger partial charge in [0.15, 0.2) is 5.96 Å². The lowest BCUT2D eigenvalue weighted by Gasteiger charge is -2.08.